The first-order valence-electron chi connectivity index (χ1n) is 8.15. The molecule has 0 amide bonds. The maximum absolute atomic E-state index is 4.81. The summed E-state index contributed by atoms with van der Waals surface area (Å²) in [5.41, 5.74) is 7.40. The molecule has 0 N–H and O–H groups in total. The summed E-state index contributed by atoms with van der Waals surface area (Å²) in [6.45, 7) is 8.67. The number of hydrogen-bond donors (Lipinski definition) is 0. The van der Waals surface area contributed by atoms with Crippen molar-refractivity contribution in [2.24, 2.45) is 0 Å². The van der Waals surface area contributed by atoms with Gasteiger partial charge in [-0.2, -0.15) is 0 Å². The molecule has 0 unspecified atom stereocenters. The number of fused-ring (bicyclic) bond motifs is 1. The minimum atomic E-state index is -0.0399. The zero-order valence-corrected chi connectivity index (χ0v) is 17.9. The number of thiophene rings is 2. The third-order valence-electron chi connectivity index (χ3n) is 4.47. The van der Waals surface area contributed by atoms with Gasteiger partial charge in [0.05, 0.1) is 0 Å². The van der Waals surface area contributed by atoms with Gasteiger partial charge in [0.15, 0.2) is 0 Å². The molecule has 4 rings (SSSR count). The molecule has 4 aromatic rings. The molecule has 1 aromatic carbocycles. The molecule has 0 saturated heterocycles. The molecule has 0 fully saturated rings. The van der Waals surface area contributed by atoms with E-state index in [2.05, 4.69) is 64.1 Å². The van der Waals surface area contributed by atoms with Gasteiger partial charge in [0, 0.05) is 0 Å². The second kappa shape index (κ2) is 6.65. The zero-order valence-electron chi connectivity index (χ0n) is 14.6. The van der Waals surface area contributed by atoms with Crippen LogP contribution in [0.1, 0.15) is 27.8 Å². The first-order chi connectivity index (χ1) is 12.1. The van der Waals surface area contributed by atoms with Crippen molar-refractivity contribution in [3.05, 3.63) is 51.2 Å². The van der Waals surface area contributed by atoms with Crippen LogP contribution >= 0.6 is 22.7 Å². The number of aryl methyl sites for hydroxylation is 1. The van der Waals surface area contributed by atoms with Gasteiger partial charge in [-0.1, -0.05) is 0 Å². The van der Waals surface area contributed by atoms with Crippen LogP contribution in [0, 0.1) is 20.8 Å². The van der Waals surface area contributed by atoms with E-state index >= 15 is 0 Å². The third kappa shape index (κ3) is 2.85. The summed E-state index contributed by atoms with van der Waals surface area (Å²) >= 11 is 3.63. The van der Waals surface area contributed by atoms with Gasteiger partial charge >= 0.3 is 163 Å². The van der Waals surface area contributed by atoms with Gasteiger partial charge in [0.25, 0.3) is 0 Å². The number of rotatable bonds is 3. The molecule has 0 aliphatic rings. The molecule has 3 heterocycles. The molecule has 3 aromatic heterocycles. The Labute approximate surface area is 162 Å². The Morgan fingerprint density at radius 2 is 1.44 bits per heavy atom. The summed E-state index contributed by atoms with van der Waals surface area (Å²) in [6.07, 6.45) is 4.24. The zero-order chi connectivity index (χ0) is 17.6. The van der Waals surface area contributed by atoms with Crippen molar-refractivity contribution in [3.8, 4) is 20.9 Å². The third-order valence-corrected chi connectivity index (χ3v) is 7.66. The first kappa shape index (κ1) is 16.9. The number of aromatic nitrogens is 2. The van der Waals surface area contributed by atoms with Crippen molar-refractivity contribution in [1.82, 2.24) is 7.96 Å². The van der Waals surface area contributed by atoms with Gasteiger partial charge in [-0.3, -0.25) is 0 Å². The van der Waals surface area contributed by atoms with E-state index in [1.54, 1.807) is 0 Å². The van der Waals surface area contributed by atoms with E-state index in [4.69, 9.17) is 7.96 Å². The molecule has 0 atom stereocenters. The van der Waals surface area contributed by atoms with Crippen LogP contribution < -0.4 is 0 Å². The Kier molecular flexibility index (Phi) is 4.50. The van der Waals surface area contributed by atoms with Crippen LogP contribution in [-0.4, -0.2) is 22.9 Å². The average molecular weight is 429 g/mol. The van der Waals surface area contributed by atoms with Crippen LogP contribution in [0.3, 0.4) is 0 Å². The molecule has 0 radical (unpaired) electrons. The minimum absolute atomic E-state index is 0.0399. The predicted molar refractivity (Wildman–Crippen MR) is 112 cm³/mol. The van der Waals surface area contributed by atoms with Crippen LogP contribution in [0.25, 0.3) is 38.0 Å². The molecular weight excluding hydrogens is 411 g/mol. The van der Waals surface area contributed by atoms with Crippen LogP contribution in [0.15, 0.2) is 30.3 Å². The summed E-state index contributed by atoms with van der Waals surface area (Å²) in [7, 11) is 0. The number of benzene rings is 1. The summed E-state index contributed by atoms with van der Waals surface area (Å²) in [5, 5.41) is 0. The average Bonchev–Trinajstić information content (AvgIpc) is 3.31. The van der Waals surface area contributed by atoms with E-state index in [0.29, 0.717) is 0 Å². The molecule has 0 saturated carbocycles. The Balaban J connectivity index is 2.01. The standard InChI is InChI=1S/C20H18N2S2Se/c1-5-6-14-8-10-16(24-14)18-13(4)12(3)17(15-9-7-11(2)23-15)19-20(18)22-25-21-19/h5-10H,1-4H3/b6-5+. The summed E-state index contributed by atoms with van der Waals surface area (Å²) in [4.78, 5) is 5.20. The van der Waals surface area contributed by atoms with Crippen molar-refractivity contribution in [1.29, 1.82) is 0 Å². The predicted octanol–water partition coefficient (Wildman–Crippen LogP) is 6.10. The molecule has 2 nitrogen and oxygen atoms in total. The quantitative estimate of drug-likeness (QED) is 0.368. The van der Waals surface area contributed by atoms with E-state index in [1.807, 2.05) is 22.7 Å². The van der Waals surface area contributed by atoms with Gasteiger partial charge < -0.3 is 0 Å². The van der Waals surface area contributed by atoms with Gasteiger partial charge in [-0.05, 0) is 0 Å². The molecule has 5 heteroatoms. The summed E-state index contributed by atoms with van der Waals surface area (Å²) in [6, 6.07) is 8.82. The second-order valence-corrected chi connectivity index (χ2v) is 9.59. The van der Waals surface area contributed by atoms with Gasteiger partial charge in [0.2, 0.25) is 0 Å². The van der Waals surface area contributed by atoms with Gasteiger partial charge in [0.1, 0.15) is 0 Å². The van der Waals surface area contributed by atoms with E-state index in [0.717, 1.165) is 11.0 Å². The Hall–Kier alpha value is -1.52. The Morgan fingerprint density at radius 3 is 2.00 bits per heavy atom. The monoisotopic (exact) mass is 430 g/mol. The summed E-state index contributed by atoms with van der Waals surface area (Å²) < 4.78 is 9.62. The van der Waals surface area contributed by atoms with Crippen LogP contribution in [0.4, 0.5) is 0 Å². The number of hydrogen-bond acceptors (Lipinski definition) is 4. The molecule has 126 valence electrons. The second-order valence-electron chi connectivity index (χ2n) is 6.07. The normalized spacial score (nSPS) is 11.8. The fraction of sp³-hybridized carbons (Fsp3) is 0.200. The van der Waals surface area contributed by atoms with Crippen molar-refractivity contribution in [3.63, 3.8) is 0 Å². The Bertz CT molecular complexity index is 1100. The van der Waals surface area contributed by atoms with E-state index < -0.39 is 0 Å². The fourth-order valence-corrected chi connectivity index (χ4v) is 6.39. The number of allylic oxidation sites excluding steroid dienone is 1. The fourth-order valence-electron chi connectivity index (χ4n) is 3.16. The molecule has 0 aliphatic carbocycles. The van der Waals surface area contributed by atoms with E-state index in [9.17, 15) is 0 Å². The number of nitrogens with zero attached hydrogens (tertiary/aromatic N) is 2. The van der Waals surface area contributed by atoms with Crippen molar-refractivity contribution < 1.29 is 0 Å². The van der Waals surface area contributed by atoms with Crippen molar-refractivity contribution in [2.45, 2.75) is 27.7 Å². The SMILES string of the molecule is C/C=C/c1ccc(-c2c(C)c(C)c(-c3ccc(C)s3)c3n[se]nc23)s1. The first-order valence-corrected chi connectivity index (χ1v) is 11.3. The van der Waals surface area contributed by atoms with Crippen molar-refractivity contribution >= 4 is 54.7 Å². The molecule has 0 aliphatic heterocycles. The van der Waals surface area contributed by atoms with E-state index in [1.165, 1.54) is 41.8 Å². The molecule has 0 spiro atoms. The van der Waals surface area contributed by atoms with E-state index in [-0.39, 0.29) is 15.0 Å². The maximum atomic E-state index is 4.81. The van der Waals surface area contributed by atoms with Crippen LogP contribution in [0.2, 0.25) is 0 Å². The summed E-state index contributed by atoms with van der Waals surface area (Å²) in [5.74, 6) is 0. The Morgan fingerprint density at radius 1 is 0.840 bits per heavy atom. The molecule has 25 heavy (non-hydrogen) atoms. The van der Waals surface area contributed by atoms with Crippen molar-refractivity contribution in [2.75, 3.05) is 0 Å². The van der Waals surface area contributed by atoms with Crippen LogP contribution in [-0.2, 0) is 0 Å². The van der Waals surface area contributed by atoms with Crippen LogP contribution in [0.5, 0.6) is 0 Å². The van der Waals surface area contributed by atoms with Gasteiger partial charge in [-0.15, -0.1) is 0 Å². The molecular formula is C20H18N2S2Se. The van der Waals surface area contributed by atoms with Gasteiger partial charge in [-0.25, -0.2) is 0 Å². The molecule has 0 bridgehead atoms. The topological polar surface area (TPSA) is 25.8 Å².